The average Bonchev–Trinajstić information content (AvgIpc) is 3.76. The summed E-state index contributed by atoms with van der Waals surface area (Å²) in [7, 11) is 0. The first-order valence-electron chi connectivity index (χ1n) is 26.3. The van der Waals surface area contributed by atoms with Crippen molar-refractivity contribution in [3.05, 3.63) is 209 Å². The number of nitriles is 1. The first-order chi connectivity index (χ1) is 34.7. The summed E-state index contributed by atoms with van der Waals surface area (Å²) in [6, 6.07) is 36.9. The molecule has 5 nitrogen and oxygen atoms in total. The predicted octanol–water partition coefficient (Wildman–Crippen LogP) is 12.3. The van der Waals surface area contributed by atoms with Crippen LogP contribution in [0.25, 0.3) is 55.7 Å². The molecule has 5 heteroatoms. The SMILES string of the molecule is [2H]c1cc2c(oc3c(-c4ccc(C([2H])([2H])C([2H])([2H])c5cc(C([2H])([2H])C([2H])([2H])c6ccc(-c7ccccc7)nc6)cc(C([2H])([2H])C([2H])([2H])c6ccc(-c7ccccc7)nc6)c5)cn4)cccc32)c(C([2H])([2H])[2H])c1C#N. The van der Waals surface area contributed by atoms with E-state index in [2.05, 4.69) is 15.0 Å². The molecule has 0 aliphatic carbocycles. The van der Waals surface area contributed by atoms with Crippen LogP contribution in [0, 0.1) is 18.2 Å². The molecule has 0 radical (unpaired) electrons. The highest BCUT2D eigenvalue weighted by atomic mass is 16.3. The third-order valence-corrected chi connectivity index (χ3v) is 9.40. The average molecular weight is 767 g/mol. The van der Waals surface area contributed by atoms with Crippen molar-refractivity contribution in [3.8, 4) is 39.8 Å². The zero-order valence-electron chi connectivity index (χ0n) is 46.7. The Morgan fingerprint density at radius 1 is 0.534 bits per heavy atom. The zero-order valence-corrected chi connectivity index (χ0v) is 30.7. The maximum absolute atomic E-state index is 9.78. The van der Waals surface area contributed by atoms with Crippen LogP contribution in [0.2, 0.25) is 0 Å². The summed E-state index contributed by atoms with van der Waals surface area (Å²) >= 11 is 0. The summed E-state index contributed by atoms with van der Waals surface area (Å²) in [5.41, 5.74) is -0.503. The number of para-hydroxylation sites is 1. The van der Waals surface area contributed by atoms with Gasteiger partial charge in [-0.15, -0.1) is 0 Å². The highest BCUT2D eigenvalue weighted by Crippen LogP contribution is 2.37. The van der Waals surface area contributed by atoms with Crippen molar-refractivity contribution in [2.24, 2.45) is 0 Å². The van der Waals surface area contributed by atoms with E-state index in [1.807, 2.05) is 12.1 Å². The van der Waals surface area contributed by atoms with Gasteiger partial charge in [0.15, 0.2) is 0 Å². The van der Waals surface area contributed by atoms with E-state index in [0.717, 1.165) is 35.5 Å². The molecule has 0 amide bonds. The summed E-state index contributed by atoms with van der Waals surface area (Å²) in [6.45, 7) is -2.82. The van der Waals surface area contributed by atoms with Crippen LogP contribution in [0.5, 0.6) is 0 Å². The van der Waals surface area contributed by atoms with Crippen molar-refractivity contribution < 1.29 is 26.3 Å². The number of rotatable bonds is 12. The van der Waals surface area contributed by atoms with Crippen molar-refractivity contribution in [3.63, 3.8) is 0 Å². The first-order valence-corrected chi connectivity index (χ1v) is 18.3. The maximum Gasteiger partial charge on any atom is 0.144 e. The largest absolute Gasteiger partial charge is 0.455 e. The summed E-state index contributed by atoms with van der Waals surface area (Å²) in [5.74, 6) is 0. The van der Waals surface area contributed by atoms with Crippen LogP contribution in [0.4, 0.5) is 0 Å². The molecule has 4 aromatic heterocycles. The van der Waals surface area contributed by atoms with Gasteiger partial charge in [-0.25, -0.2) is 0 Å². The molecular weight excluding hydrogens is 709 g/mol. The third kappa shape index (κ3) is 7.91. The normalized spacial score (nSPS) is 17.0. The number of hydrogen-bond donors (Lipinski definition) is 0. The van der Waals surface area contributed by atoms with Crippen LogP contribution < -0.4 is 0 Å². The summed E-state index contributed by atoms with van der Waals surface area (Å²) in [6.07, 6.45) is -15.0. The van der Waals surface area contributed by atoms with Crippen LogP contribution in [-0.2, 0) is 38.2 Å². The third-order valence-electron chi connectivity index (χ3n) is 9.40. The molecule has 280 valence electrons. The lowest BCUT2D eigenvalue weighted by Gasteiger charge is -2.12. The van der Waals surface area contributed by atoms with Crippen LogP contribution >= 0.6 is 0 Å². The van der Waals surface area contributed by atoms with Gasteiger partial charge in [0.05, 0.1) is 30.1 Å². The summed E-state index contributed by atoms with van der Waals surface area (Å²) in [5, 5.41) is 10.5. The molecule has 0 saturated carbocycles. The number of benzene rings is 5. The molecule has 0 aliphatic rings. The fourth-order valence-electron chi connectivity index (χ4n) is 6.49. The Balaban J connectivity index is 1.14. The Kier molecular flexibility index (Phi) is 6.42. The number of pyridine rings is 3. The van der Waals surface area contributed by atoms with Crippen LogP contribution in [0.15, 0.2) is 169 Å². The molecule has 0 unspecified atom stereocenters. The molecule has 0 saturated heterocycles. The highest BCUT2D eigenvalue weighted by molar-refractivity contribution is 6.10. The smallest absolute Gasteiger partial charge is 0.144 e. The van der Waals surface area contributed by atoms with Crippen molar-refractivity contribution in [2.45, 2.75) is 45.1 Å². The number of aromatic nitrogens is 3. The Hall–Kier alpha value is -7.16. The van der Waals surface area contributed by atoms with Gasteiger partial charge in [-0.1, -0.05) is 109 Å². The topological polar surface area (TPSA) is 75.6 Å². The zero-order chi connectivity index (χ0) is 53.4. The molecule has 0 bridgehead atoms. The second-order valence-electron chi connectivity index (χ2n) is 13.3. The van der Waals surface area contributed by atoms with Crippen molar-refractivity contribution in [1.82, 2.24) is 15.0 Å². The van der Waals surface area contributed by atoms with E-state index in [-0.39, 0.29) is 50.5 Å². The van der Waals surface area contributed by atoms with Gasteiger partial charge in [0.25, 0.3) is 0 Å². The van der Waals surface area contributed by atoms with Gasteiger partial charge in [-0.3, -0.25) is 15.0 Å². The van der Waals surface area contributed by atoms with Gasteiger partial charge < -0.3 is 4.42 Å². The van der Waals surface area contributed by atoms with Gasteiger partial charge in [0, 0.05) is 72.2 Å². The lowest BCUT2D eigenvalue weighted by Crippen LogP contribution is -2.00. The van der Waals surface area contributed by atoms with E-state index in [4.69, 9.17) is 9.90 Å². The number of fused-ring (bicyclic) bond motifs is 3. The van der Waals surface area contributed by atoms with Gasteiger partial charge in [-0.05, 0) is 115 Å². The number of aryl methyl sites for hydroxylation is 7. The van der Waals surface area contributed by atoms with Crippen LogP contribution in [0.3, 0.4) is 0 Å². The second kappa shape index (κ2) is 16.5. The number of furan rings is 1. The fraction of sp³-hybridized carbons (Fsp3) is 0.132. The molecule has 0 aliphatic heterocycles. The molecule has 0 spiro atoms. The van der Waals surface area contributed by atoms with E-state index >= 15 is 0 Å². The minimum absolute atomic E-state index is 0.118. The lowest BCUT2D eigenvalue weighted by atomic mass is 9.94. The van der Waals surface area contributed by atoms with Crippen molar-refractivity contribution in [1.29, 1.82) is 5.26 Å². The minimum Gasteiger partial charge on any atom is -0.455 e. The monoisotopic (exact) mass is 766 g/mol. The molecule has 9 aromatic rings. The van der Waals surface area contributed by atoms with Gasteiger partial charge in [-0.2, -0.15) is 5.26 Å². The summed E-state index contributed by atoms with van der Waals surface area (Å²) < 4.78 is 151. The van der Waals surface area contributed by atoms with E-state index in [1.54, 1.807) is 72.8 Å². The molecule has 9 rings (SSSR count). The van der Waals surface area contributed by atoms with E-state index in [0.29, 0.717) is 22.3 Å². The molecule has 0 fully saturated rings. The number of nitrogens with zero attached hydrogens (tertiary/aromatic N) is 4. The van der Waals surface area contributed by atoms with E-state index in [9.17, 15) is 21.7 Å². The molecule has 4 heterocycles. The van der Waals surface area contributed by atoms with Crippen LogP contribution in [-0.4, -0.2) is 15.0 Å². The molecule has 0 atom stereocenters. The number of hydrogen-bond acceptors (Lipinski definition) is 5. The van der Waals surface area contributed by atoms with Crippen molar-refractivity contribution in [2.75, 3.05) is 0 Å². The fourth-order valence-corrected chi connectivity index (χ4v) is 6.49. The summed E-state index contributed by atoms with van der Waals surface area (Å²) in [4.78, 5) is 13.2. The van der Waals surface area contributed by atoms with Crippen molar-refractivity contribution >= 4 is 21.9 Å². The highest BCUT2D eigenvalue weighted by Gasteiger charge is 2.16. The standard InChI is InChI=1S/C53H42N4O/c1-36-45(32-54)24-25-47-46-13-8-14-48(53(46)58-52(36)47)51-28-23-39(35-57-51)17-20-42-30-40(18-15-37-21-26-49(55-33-37)43-9-4-2-5-10-43)29-41(31-42)19-16-38-22-27-50(56-34-38)44-11-6-3-7-12-44/h2-14,21-31,33-35H,15-20H2,1H3/i1D3,15D2,16D2,17D2,18D2,19D2,20D2,24D. The Morgan fingerprint density at radius 3 is 1.48 bits per heavy atom. The molecular formula is C53H42N4O. The van der Waals surface area contributed by atoms with Gasteiger partial charge in [0.2, 0.25) is 0 Å². The van der Waals surface area contributed by atoms with E-state index < -0.39 is 67.3 Å². The lowest BCUT2D eigenvalue weighted by molar-refractivity contribution is 0.666. The molecule has 0 N–H and O–H groups in total. The molecule has 58 heavy (non-hydrogen) atoms. The predicted molar refractivity (Wildman–Crippen MR) is 234 cm³/mol. The van der Waals surface area contributed by atoms with Gasteiger partial charge in [0.1, 0.15) is 11.2 Å². The Morgan fingerprint density at radius 2 is 1.02 bits per heavy atom. The van der Waals surface area contributed by atoms with E-state index in [1.165, 1.54) is 54.9 Å². The minimum atomic E-state index is -3.19. The van der Waals surface area contributed by atoms with Crippen LogP contribution in [0.1, 0.15) is 66.4 Å². The first kappa shape index (κ1) is 22.5. The van der Waals surface area contributed by atoms with Gasteiger partial charge >= 0.3 is 0 Å². The Bertz CT molecular complexity index is 3490. The second-order valence-corrected chi connectivity index (χ2v) is 13.3. The Labute approximate surface area is 361 Å². The maximum atomic E-state index is 9.78. The molecule has 5 aromatic carbocycles. The quantitative estimate of drug-likeness (QED) is 0.124.